The van der Waals surface area contributed by atoms with Gasteiger partial charge in [0.1, 0.15) is 0 Å². The van der Waals surface area contributed by atoms with E-state index in [4.69, 9.17) is 11.6 Å². The Balaban J connectivity index is 0.00000392. The first-order valence-corrected chi connectivity index (χ1v) is 10.2. The molecule has 0 saturated carbocycles. The number of rotatable bonds is 5. The molecule has 2 rings (SSSR count). The van der Waals surface area contributed by atoms with Gasteiger partial charge in [-0.3, -0.25) is 4.99 Å². The summed E-state index contributed by atoms with van der Waals surface area (Å²) < 4.78 is 61.2. The topological polar surface area (TPSA) is 73.8 Å². The van der Waals surface area contributed by atoms with E-state index >= 15 is 0 Å². The summed E-state index contributed by atoms with van der Waals surface area (Å²) in [4.78, 5) is 4.09. The number of guanidine groups is 1. The third-order valence-corrected chi connectivity index (χ3v) is 6.29. The molecule has 0 atom stereocenters. The quantitative estimate of drug-likeness (QED) is 0.334. The number of piperidine rings is 1. The first-order valence-electron chi connectivity index (χ1n) is 8.42. The van der Waals surface area contributed by atoms with Gasteiger partial charge >= 0.3 is 15.5 Å². The molecule has 0 radical (unpaired) electrons. The number of halogens is 5. The van der Waals surface area contributed by atoms with Gasteiger partial charge in [0.25, 0.3) is 0 Å². The molecule has 1 saturated heterocycles. The summed E-state index contributed by atoms with van der Waals surface area (Å²) in [6.07, 6.45) is 1.21. The summed E-state index contributed by atoms with van der Waals surface area (Å²) in [5.74, 6) is 0.513. The Morgan fingerprint density at radius 1 is 1.29 bits per heavy atom. The van der Waals surface area contributed by atoms with Crippen LogP contribution in [-0.4, -0.2) is 56.9 Å². The smallest absolute Gasteiger partial charge is 0.356 e. The van der Waals surface area contributed by atoms with Gasteiger partial charge in [0, 0.05) is 37.7 Å². The summed E-state index contributed by atoms with van der Waals surface area (Å²) in [6.45, 7) is 0.205. The highest BCUT2D eigenvalue weighted by Gasteiger charge is 2.50. The van der Waals surface area contributed by atoms with Crippen LogP contribution in [0.2, 0.25) is 5.02 Å². The van der Waals surface area contributed by atoms with Crippen LogP contribution in [0.15, 0.2) is 29.3 Å². The molecule has 12 heteroatoms. The van der Waals surface area contributed by atoms with Crippen molar-refractivity contribution < 1.29 is 21.6 Å². The number of alkyl halides is 3. The largest absolute Gasteiger partial charge is 0.511 e. The van der Waals surface area contributed by atoms with E-state index in [0.29, 0.717) is 28.3 Å². The Bertz CT molecular complexity index is 769. The zero-order chi connectivity index (χ0) is 20.1. The molecule has 28 heavy (non-hydrogen) atoms. The van der Waals surface area contributed by atoms with Crippen LogP contribution in [0.4, 0.5) is 13.2 Å². The molecule has 1 aromatic carbocycles. The number of benzene rings is 1. The molecular formula is C16H23ClF3IN4O2S. The first kappa shape index (κ1) is 25.2. The molecule has 2 N–H and O–H groups in total. The number of nitrogens with one attached hydrogen (secondary N) is 2. The van der Waals surface area contributed by atoms with Crippen molar-refractivity contribution in [3.05, 3.63) is 34.9 Å². The second kappa shape index (κ2) is 10.8. The van der Waals surface area contributed by atoms with Gasteiger partial charge in [0.2, 0.25) is 0 Å². The molecule has 0 unspecified atom stereocenters. The van der Waals surface area contributed by atoms with Gasteiger partial charge in [0.05, 0.1) is 0 Å². The van der Waals surface area contributed by atoms with E-state index in [9.17, 15) is 21.6 Å². The fraction of sp³-hybridized carbons (Fsp3) is 0.562. The highest BCUT2D eigenvalue weighted by molar-refractivity contribution is 14.0. The zero-order valence-corrected chi connectivity index (χ0v) is 19.1. The number of sulfonamides is 1. The van der Waals surface area contributed by atoms with Crippen LogP contribution in [0, 0.1) is 0 Å². The summed E-state index contributed by atoms with van der Waals surface area (Å²) in [5, 5.41) is 6.93. The maximum atomic E-state index is 12.6. The van der Waals surface area contributed by atoms with E-state index < -0.39 is 15.5 Å². The van der Waals surface area contributed by atoms with Crippen molar-refractivity contribution in [1.82, 2.24) is 14.9 Å². The molecule has 1 fully saturated rings. The number of hydrogen-bond acceptors (Lipinski definition) is 3. The maximum absolute atomic E-state index is 12.6. The highest BCUT2D eigenvalue weighted by Crippen LogP contribution is 2.28. The maximum Gasteiger partial charge on any atom is 0.511 e. The van der Waals surface area contributed by atoms with Crippen molar-refractivity contribution in [2.75, 3.05) is 26.7 Å². The second-order valence-corrected chi connectivity index (χ2v) is 8.45. The Kier molecular flexibility index (Phi) is 9.77. The molecule has 1 heterocycles. The lowest BCUT2D eigenvalue weighted by molar-refractivity contribution is -0.0494. The Hall–Kier alpha value is -0.790. The lowest BCUT2D eigenvalue weighted by Gasteiger charge is -2.32. The van der Waals surface area contributed by atoms with Crippen LogP contribution >= 0.6 is 35.6 Å². The van der Waals surface area contributed by atoms with E-state index in [1.54, 1.807) is 7.05 Å². The predicted molar refractivity (Wildman–Crippen MR) is 115 cm³/mol. The van der Waals surface area contributed by atoms with E-state index in [0.717, 1.165) is 5.56 Å². The molecule has 0 amide bonds. The van der Waals surface area contributed by atoms with Gasteiger partial charge in [-0.1, -0.05) is 29.8 Å². The lowest BCUT2D eigenvalue weighted by atomic mass is 10.1. The van der Waals surface area contributed by atoms with Crippen LogP contribution in [0.5, 0.6) is 0 Å². The van der Waals surface area contributed by atoms with Crippen molar-refractivity contribution in [1.29, 1.82) is 0 Å². The lowest BCUT2D eigenvalue weighted by Crippen LogP contribution is -2.51. The molecule has 1 aliphatic rings. The molecule has 1 aromatic rings. The third-order valence-electron chi connectivity index (χ3n) is 4.30. The minimum Gasteiger partial charge on any atom is -0.356 e. The average molecular weight is 555 g/mol. The van der Waals surface area contributed by atoms with E-state index in [1.165, 1.54) is 0 Å². The number of aliphatic imine (C=N–C) groups is 1. The number of hydrogen-bond donors (Lipinski definition) is 2. The predicted octanol–water partition coefficient (Wildman–Crippen LogP) is 2.98. The van der Waals surface area contributed by atoms with Crippen molar-refractivity contribution in [3.63, 3.8) is 0 Å². The normalized spacial score (nSPS) is 17.1. The molecular weight excluding hydrogens is 532 g/mol. The minimum absolute atomic E-state index is 0. The van der Waals surface area contributed by atoms with Gasteiger partial charge in [-0.2, -0.15) is 17.5 Å². The Morgan fingerprint density at radius 3 is 2.43 bits per heavy atom. The van der Waals surface area contributed by atoms with Crippen LogP contribution in [0.3, 0.4) is 0 Å². The van der Waals surface area contributed by atoms with Crippen LogP contribution in [0.1, 0.15) is 18.4 Å². The van der Waals surface area contributed by atoms with Crippen molar-refractivity contribution in [2.45, 2.75) is 30.8 Å². The molecule has 0 bridgehead atoms. The fourth-order valence-electron chi connectivity index (χ4n) is 2.79. The van der Waals surface area contributed by atoms with Crippen molar-refractivity contribution in [3.8, 4) is 0 Å². The van der Waals surface area contributed by atoms with Gasteiger partial charge in [-0.15, -0.1) is 24.0 Å². The Morgan fingerprint density at radius 2 is 1.89 bits per heavy atom. The van der Waals surface area contributed by atoms with E-state index in [-0.39, 0.29) is 55.9 Å². The Labute approximate surface area is 185 Å². The van der Waals surface area contributed by atoms with Gasteiger partial charge in [0.15, 0.2) is 5.96 Å². The SMILES string of the molecule is CN=C(NCCc1ccccc1Cl)NC1CCN(S(=O)(=O)C(F)(F)F)CC1.I. The molecule has 0 aromatic heterocycles. The highest BCUT2D eigenvalue weighted by atomic mass is 127. The first-order chi connectivity index (χ1) is 12.6. The monoisotopic (exact) mass is 554 g/mol. The minimum atomic E-state index is -5.26. The molecule has 0 spiro atoms. The summed E-state index contributed by atoms with van der Waals surface area (Å²) >= 11 is 6.10. The average Bonchev–Trinajstić information content (AvgIpc) is 2.62. The van der Waals surface area contributed by atoms with Gasteiger partial charge in [-0.25, -0.2) is 8.42 Å². The van der Waals surface area contributed by atoms with Gasteiger partial charge < -0.3 is 10.6 Å². The van der Waals surface area contributed by atoms with Gasteiger partial charge in [-0.05, 0) is 30.9 Å². The molecule has 0 aliphatic carbocycles. The molecule has 160 valence electrons. The zero-order valence-electron chi connectivity index (χ0n) is 15.2. The number of nitrogens with zero attached hydrogens (tertiary/aromatic N) is 2. The summed E-state index contributed by atoms with van der Waals surface area (Å²) in [6, 6.07) is 7.34. The van der Waals surface area contributed by atoms with Crippen molar-refractivity contribution in [2.24, 2.45) is 4.99 Å². The third kappa shape index (κ3) is 6.63. The van der Waals surface area contributed by atoms with Crippen LogP contribution < -0.4 is 10.6 Å². The summed E-state index contributed by atoms with van der Waals surface area (Å²) in [5.41, 5.74) is -4.27. The standard InChI is InChI=1S/C16H22ClF3N4O2S.HI/c1-21-15(22-9-6-12-4-2-3-5-14(12)17)23-13-7-10-24(11-8-13)27(25,26)16(18,19)20;/h2-5,13H,6-11H2,1H3,(H2,21,22,23);1H. The molecule has 1 aliphatic heterocycles. The fourth-order valence-corrected chi connectivity index (χ4v) is 4.01. The van der Waals surface area contributed by atoms with Crippen LogP contribution in [0.25, 0.3) is 0 Å². The molecule has 6 nitrogen and oxygen atoms in total. The van der Waals surface area contributed by atoms with Crippen molar-refractivity contribution >= 4 is 51.6 Å². The van der Waals surface area contributed by atoms with E-state index in [2.05, 4.69) is 15.6 Å². The van der Waals surface area contributed by atoms with E-state index in [1.807, 2.05) is 24.3 Å². The second-order valence-electron chi connectivity index (χ2n) is 6.11. The summed E-state index contributed by atoms with van der Waals surface area (Å²) in [7, 11) is -3.67. The van der Waals surface area contributed by atoms with Crippen LogP contribution in [-0.2, 0) is 16.4 Å².